The average molecular weight is 245 g/mol. The average Bonchev–Trinajstić information content (AvgIpc) is 2.32. The molecule has 2 rings (SSSR count). The fraction of sp³-hybridized carbons (Fsp3) is 0. The van der Waals surface area contributed by atoms with Gasteiger partial charge in [-0.3, -0.25) is 4.99 Å². The topological polar surface area (TPSA) is 93.3 Å². The number of hydrogen-bond acceptors (Lipinski definition) is 5. The molecular weight excluding hydrogens is 234 g/mol. The van der Waals surface area contributed by atoms with E-state index in [4.69, 9.17) is 10.2 Å². The summed E-state index contributed by atoms with van der Waals surface area (Å²) in [6.45, 7) is 0. The lowest BCUT2D eigenvalue weighted by molar-refractivity contribution is 0.403. The largest absolute Gasteiger partial charge is 0.508 e. The van der Waals surface area contributed by atoms with Crippen molar-refractivity contribution in [1.82, 2.24) is 0 Å². The van der Waals surface area contributed by atoms with Gasteiger partial charge in [0.2, 0.25) is 0 Å². The molecule has 0 saturated heterocycles. The summed E-state index contributed by atoms with van der Waals surface area (Å²) in [5.74, 6) is -0.642. The molecular formula is C13H11NO4. The first kappa shape index (κ1) is 11.8. The zero-order valence-corrected chi connectivity index (χ0v) is 9.28. The summed E-state index contributed by atoms with van der Waals surface area (Å²) < 4.78 is 0. The molecule has 0 unspecified atom stereocenters. The van der Waals surface area contributed by atoms with Crippen molar-refractivity contribution in [3.63, 3.8) is 0 Å². The molecule has 4 N–H and O–H groups in total. The van der Waals surface area contributed by atoms with Gasteiger partial charge in [0.25, 0.3) is 0 Å². The van der Waals surface area contributed by atoms with E-state index in [2.05, 4.69) is 4.99 Å². The molecule has 0 radical (unpaired) electrons. The van der Waals surface area contributed by atoms with Crippen molar-refractivity contribution in [2.75, 3.05) is 0 Å². The first-order valence-electron chi connectivity index (χ1n) is 5.14. The number of nitrogens with zero attached hydrogens (tertiary/aromatic N) is 1. The zero-order chi connectivity index (χ0) is 13.1. The van der Waals surface area contributed by atoms with Crippen LogP contribution < -0.4 is 0 Å². The molecule has 0 atom stereocenters. The number of hydrogen-bond donors (Lipinski definition) is 4. The summed E-state index contributed by atoms with van der Waals surface area (Å²) in [7, 11) is 0. The molecule has 0 heterocycles. The molecule has 0 fully saturated rings. The predicted octanol–water partition coefficient (Wildman–Crippen LogP) is 2.26. The summed E-state index contributed by atoms with van der Waals surface area (Å²) in [6, 6.07) is 8.29. The molecule has 2 aromatic rings. The molecule has 5 heteroatoms. The normalized spacial score (nSPS) is 10.9. The van der Waals surface area contributed by atoms with E-state index in [0.717, 1.165) is 0 Å². The lowest BCUT2D eigenvalue weighted by Gasteiger charge is -2.00. The van der Waals surface area contributed by atoms with Gasteiger partial charge in [-0.1, -0.05) is 0 Å². The number of phenols is 4. The van der Waals surface area contributed by atoms with Gasteiger partial charge in [-0.2, -0.15) is 0 Å². The van der Waals surface area contributed by atoms with E-state index in [1.54, 1.807) is 6.07 Å². The maximum absolute atomic E-state index is 9.50. The van der Waals surface area contributed by atoms with Crippen molar-refractivity contribution in [3.05, 3.63) is 42.0 Å². The highest BCUT2D eigenvalue weighted by molar-refractivity contribution is 5.83. The third kappa shape index (κ3) is 2.52. The third-order valence-corrected chi connectivity index (χ3v) is 2.31. The summed E-state index contributed by atoms with van der Waals surface area (Å²) in [6.07, 6.45) is 1.42. The number of benzene rings is 2. The summed E-state index contributed by atoms with van der Waals surface area (Å²) in [5, 5.41) is 37.1. The number of rotatable bonds is 2. The molecule has 0 spiro atoms. The van der Waals surface area contributed by atoms with Gasteiger partial charge in [-0.05, 0) is 35.9 Å². The van der Waals surface area contributed by atoms with E-state index < -0.39 is 0 Å². The molecule has 0 aliphatic heterocycles. The van der Waals surface area contributed by atoms with E-state index >= 15 is 0 Å². The fourth-order valence-electron chi connectivity index (χ4n) is 1.39. The molecule has 0 bridgehead atoms. The SMILES string of the molecule is Oc1ccc(N=Cc2ccc(O)c(O)c2)c(O)c1. The van der Waals surface area contributed by atoms with Gasteiger partial charge in [0.15, 0.2) is 11.5 Å². The molecule has 0 aliphatic carbocycles. The predicted molar refractivity (Wildman–Crippen MR) is 66.8 cm³/mol. The molecule has 0 aliphatic rings. The molecule has 18 heavy (non-hydrogen) atoms. The van der Waals surface area contributed by atoms with Crippen molar-refractivity contribution in [2.24, 2.45) is 4.99 Å². The van der Waals surface area contributed by atoms with Gasteiger partial charge in [0, 0.05) is 12.3 Å². The second kappa shape index (κ2) is 4.67. The Hall–Kier alpha value is -2.69. The van der Waals surface area contributed by atoms with Crippen LogP contribution in [0.5, 0.6) is 23.0 Å². The number of aliphatic imine (C=N–C) groups is 1. The van der Waals surface area contributed by atoms with Gasteiger partial charge in [-0.25, -0.2) is 0 Å². The Bertz CT molecular complexity index is 608. The van der Waals surface area contributed by atoms with Crippen LogP contribution in [0, 0.1) is 0 Å². The minimum absolute atomic E-state index is 0.0475. The molecule has 0 amide bonds. The maximum Gasteiger partial charge on any atom is 0.158 e. The number of aromatic hydroxyl groups is 4. The van der Waals surface area contributed by atoms with Crippen LogP contribution in [0.1, 0.15) is 5.56 Å². The van der Waals surface area contributed by atoms with Crippen molar-refractivity contribution in [3.8, 4) is 23.0 Å². The van der Waals surface area contributed by atoms with Gasteiger partial charge in [0.05, 0.1) is 0 Å². The Morgan fingerprint density at radius 1 is 0.778 bits per heavy atom. The molecule has 5 nitrogen and oxygen atoms in total. The van der Waals surface area contributed by atoms with Gasteiger partial charge >= 0.3 is 0 Å². The standard InChI is InChI=1S/C13H11NO4/c15-9-2-3-10(12(17)6-9)14-7-8-1-4-11(16)13(18)5-8/h1-7,15-18H. The van der Waals surface area contributed by atoms with Crippen LogP contribution in [0.4, 0.5) is 5.69 Å². The molecule has 0 aromatic heterocycles. The Labute approximate surface area is 103 Å². The Morgan fingerprint density at radius 2 is 1.56 bits per heavy atom. The van der Waals surface area contributed by atoms with E-state index in [1.165, 1.54) is 36.5 Å². The lowest BCUT2D eigenvalue weighted by Crippen LogP contribution is -1.80. The van der Waals surface area contributed by atoms with E-state index in [-0.39, 0.29) is 23.0 Å². The second-order valence-corrected chi connectivity index (χ2v) is 3.68. The Morgan fingerprint density at radius 3 is 2.22 bits per heavy atom. The summed E-state index contributed by atoms with van der Waals surface area (Å²) >= 11 is 0. The van der Waals surface area contributed by atoms with Gasteiger partial charge in [-0.15, -0.1) is 0 Å². The van der Waals surface area contributed by atoms with Crippen LogP contribution in [0.2, 0.25) is 0 Å². The van der Waals surface area contributed by atoms with Crippen LogP contribution in [-0.2, 0) is 0 Å². The van der Waals surface area contributed by atoms with Gasteiger partial charge in [0.1, 0.15) is 17.2 Å². The Kier molecular flexibility index (Phi) is 3.05. The summed E-state index contributed by atoms with van der Waals surface area (Å²) in [4.78, 5) is 4.01. The zero-order valence-electron chi connectivity index (χ0n) is 9.28. The van der Waals surface area contributed by atoms with Gasteiger partial charge < -0.3 is 20.4 Å². The molecule has 2 aromatic carbocycles. The minimum atomic E-state index is -0.242. The highest BCUT2D eigenvalue weighted by Gasteiger charge is 2.01. The first-order valence-corrected chi connectivity index (χ1v) is 5.14. The maximum atomic E-state index is 9.50. The van der Waals surface area contributed by atoms with Crippen LogP contribution in [0.3, 0.4) is 0 Å². The highest BCUT2D eigenvalue weighted by atomic mass is 16.3. The van der Waals surface area contributed by atoms with Crippen molar-refractivity contribution in [2.45, 2.75) is 0 Å². The van der Waals surface area contributed by atoms with E-state index in [9.17, 15) is 10.2 Å². The van der Waals surface area contributed by atoms with E-state index in [1.807, 2.05) is 0 Å². The van der Waals surface area contributed by atoms with Crippen molar-refractivity contribution >= 4 is 11.9 Å². The van der Waals surface area contributed by atoms with Crippen LogP contribution in [0.25, 0.3) is 0 Å². The Balaban J connectivity index is 2.27. The third-order valence-electron chi connectivity index (χ3n) is 2.31. The first-order chi connectivity index (χ1) is 8.56. The fourth-order valence-corrected chi connectivity index (χ4v) is 1.39. The van der Waals surface area contributed by atoms with E-state index in [0.29, 0.717) is 11.3 Å². The monoisotopic (exact) mass is 245 g/mol. The van der Waals surface area contributed by atoms with Crippen molar-refractivity contribution in [1.29, 1.82) is 0 Å². The lowest BCUT2D eigenvalue weighted by atomic mass is 10.2. The highest BCUT2D eigenvalue weighted by Crippen LogP contribution is 2.30. The quantitative estimate of drug-likeness (QED) is 0.482. The smallest absolute Gasteiger partial charge is 0.158 e. The van der Waals surface area contributed by atoms with Crippen molar-refractivity contribution < 1.29 is 20.4 Å². The molecule has 92 valence electrons. The minimum Gasteiger partial charge on any atom is -0.508 e. The second-order valence-electron chi connectivity index (χ2n) is 3.68. The summed E-state index contributed by atoms with van der Waals surface area (Å²) in [5.41, 5.74) is 0.859. The number of phenolic OH excluding ortho intramolecular Hbond substituents is 4. The molecule has 0 saturated carbocycles. The van der Waals surface area contributed by atoms with Crippen LogP contribution >= 0.6 is 0 Å². The van der Waals surface area contributed by atoms with Crippen LogP contribution in [0.15, 0.2) is 41.4 Å². The van der Waals surface area contributed by atoms with Crippen LogP contribution in [-0.4, -0.2) is 26.6 Å².